The van der Waals surface area contributed by atoms with Crippen LogP contribution in [0.5, 0.6) is 0 Å². The molecule has 1 aliphatic rings. The van der Waals surface area contributed by atoms with Crippen molar-refractivity contribution in [1.82, 2.24) is 4.90 Å². The molecular weight excluding hydrogens is 326 g/mol. The average molecular weight is 347 g/mol. The first-order valence-corrected chi connectivity index (χ1v) is 9.68. The molecule has 0 saturated carbocycles. The summed E-state index contributed by atoms with van der Waals surface area (Å²) in [4.78, 5) is 17.2. The molecule has 0 aliphatic carbocycles. The number of rotatable bonds is 3. The predicted molar refractivity (Wildman–Crippen MR) is 105 cm³/mol. The number of carbonyl (C=O) groups excluding carboxylic acids is 1. The maximum Gasteiger partial charge on any atom is 0.264 e. The van der Waals surface area contributed by atoms with E-state index in [-0.39, 0.29) is 5.91 Å². The topological polar surface area (TPSA) is 20.3 Å². The first-order chi connectivity index (χ1) is 12.3. The second kappa shape index (κ2) is 7.24. The zero-order valence-electron chi connectivity index (χ0n) is 14.2. The van der Waals surface area contributed by atoms with Gasteiger partial charge < -0.3 is 4.90 Å². The number of amides is 1. The monoisotopic (exact) mass is 347 g/mol. The van der Waals surface area contributed by atoms with Gasteiger partial charge in [0.1, 0.15) is 4.88 Å². The highest BCUT2D eigenvalue weighted by atomic mass is 32.1. The Morgan fingerprint density at radius 3 is 2.04 bits per heavy atom. The number of nitrogens with zero attached hydrogens (tertiary/aromatic N) is 1. The van der Waals surface area contributed by atoms with Crippen molar-refractivity contribution in [3.8, 4) is 21.6 Å². The van der Waals surface area contributed by atoms with Crippen molar-refractivity contribution >= 4 is 17.2 Å². The first-order valence-electron chi connectivity index (χ1n) is 8.87. The normalized spacial score (nSPS) is 14.5. The van der Waals surface area contributed by atoms with Gasteiger partial charge in [-0.15, -0.1) is 11.3 Å². The summed E-state index contributed by atoms with van der Waals surface area (Å²) in [6.45, 7) is 1.76. The van der Waals surface area contributed by atoms with Crippen LogP contribution in [0.25, 0.3) is 21.6 Å². The van der Waals surface area contributed by atoms with E-state index in [4.69, 9.17) is 0 Å². The van der Waals surface area contributed by atoms with Crippen LogP contribution in [-0.4, -0.2) is 23.9 Å². The molecule has 2 heterocycles. The summed E-state index contributed by atoms with van der Waals surface area (Å²) < 4.78 is 0. The quantitative estimate of drug-likeness (QED) is 0.594. The third kappa shape index (κ3) is 3.38. The van der Waals surface area contributed by atoms with Crippen LogP contribution >= 0.6 is 11.3 Å². The fourth-order valence-corrected chi connectivity index (χ4v) is 4.52. The van der Waals surface area contributed by atoms with E-state index in [1.54, 1.807) is 11.3 Å². The molecule has 0 atom stereocenters. The Labute approximate surface area is 152 Å². The highest BCUT2D eigenvalue weighted by Crippen LogP contribution is 2.38. The van der Waals surface area contributed by atoms with E-state index in [1.165, 1.54) is 12.0 Å². The highest BCUT2D eigenvalue weighted by Gasteiger charge is 2.24. The fourth-order valence-electron chi connectivity index (χ4n) is 3.37. The molecule has 1 fully saturated rings. The lowest BCUT2D eigenvalue weighted by molar-refractivity contribution is 0.0730. The average Bonchev–Trinajstić information content (AvgIpc) is 3.15. The van der Waals surface area contributed by atoms with Crippen molar-refractivity contribution in [1.29, 1.82) is 0 Å². The molecule has 126 valence electrons. The summed E-state index contributed by atoms with van der Waals surface area (Å²) in [5.41, 5.74) is 3.34. The second-order valence-corrected chi connectivity index (χ2v) is 7.49. The molecule has 4 rings (SSSR count). The fraction of sp³-hybridized carbons (Fsp3) is 0.227. The second-order valence-electron chi connectivity index (χ2n) is 6.44. The van der Waals surface area contributed by atoms with E-state index in [9.17, 15) is 4.79 Å². The van der Waals surface area contributed by atoms with Crippen molar-refractivity contribution in [3.05, 3.63) is 71.6 Å². The number of hydrogen-bond donors (Lipinski definition) is 0. The summed E-state index contributed by atoms with van der Waals surface area (Å²) in [5, 5.41) is 0. The molecule has 0 unspecified atom stereocenters. The van der Waals surface area contributed by atoms with Gasteiger partial charge in [-0.1, -0.05) is 60.7 Å². The van der Waals surface area contributed by atoms with Gasteiger partial charge in [-0.05, 0) is 36.5 Å². The summed E-state index contributed by atoms with van der Waals surface area (Å²) in [5.74, 6) is 0.186. The van der Waals surface area contributed by atoms with Crippen molar-refractivity contribution in [3.63, 3.8) is 0 Å². The Kier molecular flexibility index (Phi) is 4.66. The molecule has 2 nitrogen and oxygen atoms in total. The Morgan fingerprint density at radius 2 is 1.40 bits per heavy atom. The third-order valence-electron chi connectivity index (χ3n) is 4.71. The number of carbonyl (C=O) groups is 1. The Hall–Kier alpha value is -2.39. The van der Waals surface area contributed by atoms with E-state index >= 15 is 0 Å². The lowest BCUT2D eigenvalue weighted by atomic mass is 10.0. The summed E-state index contributed by atoms with van der Waals surface area (Å²) in [6.07, 6.45) is 3.46. The number of piperidine rings is 1. The van der Waals surface area contributed by atoms with E-state index in [0.717, 1.165) is 46.8 Å². The standard InChI is InChI=1S/C22H21NOS/c24-22(23-14-8-3-9-15-23)21-19(17-10-4-1-5-11-17)16-20(25-21)18-12-6-2-7-13-18/h1-2,4-7,10-13,16H,3,8-9,14-15H2. The molecule has 1 amide bonds. The largest absolute Gasteiger partial charge is 0.338 e. The van der Waals surface area contributed by atoms with Crippen molar-refractivity contribution < 1.29 is 4.79 Å². The van der Waals surface area contributed by atoms with Crippen molar-refractivity contribution in [2.75, 3.05) is 13.1 Å². The van der Waals surface area contributed by atoms with Crippen LogP contribution in [0.3, 0.4) is 0 Å². The molecule has 0 bridgehead atoms. The van der Waals surface area contributed by atoms with E-state index in [1.807, 2.05) is 41.3 Å². The van der Waals surface area contributed by atoms with Gasteiger partial charge in [0, 0.05) is 23.5 Å². The van der Waals surface area contributed by atoms with Crippen LogP contribution in [0.2, 0.25) is 0 Å². The first kappa shape index (κ1) is 16.1. The van der Waals surface area contributed by atoms with Crippen LogP contribution in [0, 0.1) is 0 Å². The number of thiophene rings is 1. The molecule has 1 aliphatic heterocycles. The minimum Gasteiger partial charge on any atom is -0.338 e. The maximum absolute atomic E-state index is 13.2. The van der Waals surface area contributed by atoms with Crippen LogP contribution in [-0.2, 0) is 0 Å². The van der Waals surface area contributed by atoms with E-state index in [2.05, 4.69) is 30.3 Å². The zero-order chi connectivity index (χ0) is 17.1. The van der Waals surface area contributed by atoms with Gasteiger partial charge in [0.15, 0.2) is 0 Å². The Balaban J connectivity index is 1.78. The van der Waals surface area contributed by atoms with Crippen LogP contribution in [0.15, 0.2) is 66.7 Å². The maximum atomic E-state index is 13.2. The van der Waals surface area contributed by atoms with E-state index in [0.29, 0.717) is 0 Å². The van der Waals surface area contributed by atoms with Gasteiger partial charge in [-0.25, -0.2) is 0 Å². The van der Waals surface area contributed by atoms with E-state index < -0.39 is 0 Å². The SMILES string of the molecule is O=C(c1sc(-c2ccccc2)cc1-c1ccccc1)N1CCCCC1. The number of likely N-dealkylation sites (tertiary alicyclic amines) is 1. The molecule has 25 heavy (non-hydrogen) atoms. The number of benzene rings is 2. The highest BCUT2D eigenvalue weighted by molar-refractivity contribution is 7.18. The molecular formula is C22H21NOS. The third-order valence-corrected chi connectivity index (χ3v) is 5.88. The minimum atomic E-state index is 0.186. The smallest absolute Gasteiger partial charge is 0.264 e. The van der Waals surface area contributed by atoms with Gasteiger partial charge in [0.05, 0.1) is 0 Å². The van der Waals surface area contributed by atoms with Gasteiger partial charge in [0.2, 0.25) is 0 Å². The Morgan fingerprint density at radius 1 is 0.800 bits per heavy atom. The molecule has 0 radical (unpaired) electrons. The van der Waals surface area contributed by atoms with Gasteiger partial charge in [-0.2, -0.15) is 0 Å². The predicted octanol–water partition coefficient (Wildman–Crippen LogP) is 5.71. The van der Waals surface area contributed by atoms with Crippen LogP contribution < -0.4 is 0 Å². The molecule has 2 aromatic carbocycles. The van der Waals surface area contributed by atoms with Crippen LogP contribution in [0.1, 0.15) is 28.9 Å². The molecule has 0 N–H and O–H groups in total. The summed E-state index contributed by atoms with van der Waals surface area (Å²) >= 11 is 1.62. The lowest BCUT2D eigenvalue weighted by Gasteiger charge is -2.26. The summed E-state index contributed by atoms with van der Waals surface area (Å²) in [6, 6.07) is 22.8. The van der Waals surface area contributed by atoms with Gasteiger partial charge in [0.25, 0.3) is 5.91 Å². The van der Waals surface area contributed by atoms with Gasteiger partial charge >= 0.3 is 0 Å². The van der Waals surface area contributed by atoms with Crippen LogP contribution in [0.4, 0.5) is 0 Å². The summed E-state index contributed by atoms with van der Waals surface area (Å²) in [7, 11) is 0. The number of hydrogen-bond acceptors (Lipinski definition) is 2. The molecule has 3 aromatic rings. The Bertz CT molecular complexity index is 848. The zero-order valence-corrected chi connectivity index (χ0v) is 15.0. The lowest BCUT2D eigenvalue weighted by Crippen LogP contribution is -2.35. The minimum absolute atomic E-state index is 0.186. The van der Waals surface area contributed by atoms with Crippen molar-refractivity contribution in [2.45, 2.75) is 19.3 Å². The molecule has 1 aromatic heterocycles. The van der Waals surface area contributed by atoms with Crippen molar-refractivity contribution in [2.24, 2.45) is 0 Å². The van der Waals surface area contributed by atoms with Gasteiger partial charge in [-0.3, -0.25) is 4.79 Å². The molecule has 1 saturated heterocycles. The molecule has 0 spiro atoms. The molecule has 3 heteroatoms.